The molecule has 29 heavy (non-hydrogen) atoms. The maximum atomic E-state index is 13.0. The van der Waals surface area contributed by atoms with Gasteiger partial charge in [0.05, 0.1) is 16.3 Å². The molecule has 0 radical (unpaired) electrons. The number of rotatable bonds is 6. The molecule has 0 fully saturated rings. The van der Waals surface area contributed by atoms with Gasteiger partial charge in [-0.2, -0.15) is 18.2 Å². The van der Waals surface area contributed by atoms with E-state index in [1.54, 1.807) is 6.92 Å². The summed E-state index contributed by atoms with van der Waals surface area (Å²) in [5.41, 5.74) is -0.294. The molecule has 1 aromatic carbocycles. The molecule has 152 valence electrons. The van der Waals surface area contributed by atoms with Gasteiger partial charge in [-0.15, -0.1) is 0 Å². The lowest BCUT2D eigenvalue weighted by Gasteiger charge is -2.09. The third-order valence-corrected chi connectivity index (χ3v) is 4.65. The summed E-state index contributed by atoms with van der Waals surface area (Å²) in [6, 6.07) is 7.06. The van der Waals surface area contributed by atoms with Crippen LogP contribution in [-0.2, 0) is 11.0 Å². The number of pyridine rings is 1. The molecule has 3 aromatic rings. The van der Waals surface area contributed by atoms with Crippen LogP contribution >= 0.6 is 11.8 Å². The highest BCUT2D eigenvalue weighted by molar-refractivity contribution is 7.99. The molecule has 3 rings (SSSR count). The Balaban J connectivity index is 1.53. The van der Waals surface area contributed by atoms with E-state index in [-0.39, 0.29) is 28.4 Å². The number of thioether (sulfide) groups is 1. The average Bonchev–Trinajstić information content (AvgIpc) is 3.17. The van der Waals surface area contributed by atoms with Gasteiger partial charge >= 0.3 is 6.18 Å². The SMILES string of the molecule is CC(NC(=O)CSc1ccc(C(F)(F)F)cn1)c1nc(-c2ccc(F)cc2)no1. The highest BCUT2D eigenvalue weighted by atomic mass is 32.2. The fourth-order valence-corrected chi connectivity index (χ4v) is 2.90. The van der Waals surface area contributed by atoms with Gasteiger partial charge in [0.15, 0.2) is 0 Å². The minimum Gasteiger partial charge on any atom is -0.344 e. The zero-order chi connectivity index (χ0) is 21.0. The molecular formula is C18H14F4N4O2S. The summed E-state index contributed by atoms with van der Waals surface area (Å²) >= 11 is 0.996. The Kier molecular flexibility index (Phi) is 6.16. The summed E-state index contributed by atoms with van der Waals surface area (Å²) in [6.45, 7) is 1.64. The molecule has 0 spiro atoms. The largest absolute Gasteiger partial charge is 0.417 e. The van der Waals surface area contributed by atoms with Gasteiger partial charge < -0.3 is 9.84 Å². The van der Waals surface area contributed by atoms with Gasteiger partial charge in [0.25, 0.3) is 0 Å². The number of aromatic nitrogens is 3. The Labute approximate surface area is 166 Å². The van der Waals surface area contributed by atoms with Gasteiger partial charge in [0.2, 0.25) is 17.6 Å². The maximum absolute atomic E-state index is 13.0. The number of nitrogens with zero attached hydrogens (tertiary/aromatic N) is 3. The zero-order valence-electron chi connectivity index (χ0n) is 14.9. The molecule has 0 bridgehead atoms. The second kappa shape index (κ2) is 8.60. The van der Waals surface area contributed by atoms with E-state index in [9.17, 15) is 22.4 Å². The van der Waals surface area contributed by atoms with E-state index >= 15 is 0 Å². The summed E-state index contributed by atoms with van der Waals surface area (Å²) in [5, 5.41) is 6.74. The quantitative estimate of drug-likeness (QED) is 0.469. The fourth-order valence-electron chi connectivity index (χ4n) is 2.25. The lowest BCUT2D eigenvalue weighted by atomic mass is 10.2. The third-order valence-electron chi connectivity index (χ3n) is 3.71. The second-order valence-electron chi connectivity index (χ2n) is 5.92. The van der Waals surface area contributed by atoms with E-state index in [2.05, 4.69) is 20.4 Å². The minimum atomic E-state index is -4.46. The number of carbonyl (C=O) groups is 1. The van der Waals surface area contributed by atoms with E-state index < -0.39 is 23.6 Å². The lowest BCUT2D eigenvalue weighted by molar-refractivity contribution is -0.137. The maximum Gasteiger partial charge on any atom is 0.417 e. The number of amides is 1. The van der Waals surface area contributed by atoms with Crippen molar-refractivity contribution in [2.75, 3.05) is 5.75 Å². The first-order valence-corrected chi connectivity index (χ1v) is 9.26. The summed E-state index contributed by atoms with van der Waals surface area (Å²) in [4.78, 5) is 19.9. The zero-order valence-corrected chi connectivity index (χ0v) is 15.7. The Morgan fingerprint density at radius 3 is 2.55 bits per heavy atom. The second-order valence-corrected chi connectivity index (χ2v) is 6.92. The molecule has 0 saturated heterocycles. The van der Waals surface area contributed by atoms with Gasteiger partial charge in [-0.05, 0) is 43.3 Å². The Bertz CT molecular complexity index is 975. The third kappa shape index (κ3) is 5.53. The van der Waals surface area contributed by atoms with Gasteiger partial charge in [-0.25, -0.2) is 9.37 Å². The van der Waals surface area contributed by atoms with E-state index in [1.165, 1.54) is 30.3 Å². The molecule has 11 heteroatoms. The van der Waals surface area contributed by atoms with Crippen LogP contribution in [0.5, 0.6) is 0 Å². The van der Waals surface area contributed by atoms with Crippen molar-refractivity contribution in [3.63, 3.8) is 0 Å². The molecule has 0 aliphatic heterocycles. The van der Waals surface area contributed by atoms with Gasteiger partial charge in [-0.1, -0.05) is 16.9 Å². The van der Waals surface area contributed by atoms with Crippen molar-refractivity contribution in [2.24, 2.45) is 0 Å². The molecule has 2 aromatic heterocycles. The topological polar surface area (TPSA) is 80.9 Å². The lowest BCUT2D eigenvalue weighted by Crippen LogP contribution is -2.28. The Morgan fingerprint density at radius 2 is 1.93 bits per heavy atom. The van der Waals surface area contributed by atoms with Crippen LogP contribution in [0.25, 0.3) is 11.4 Å². The number of alkyl halides is 3. The van der Waals surface area contributed by atoms with Crippen molar-refractivity contribution >= 4 is 17.7 Å². The van der Waals surface area contributed by atoms with Crippen LogP contribution in [0, 0.1) is 5.82 Å². The Morgan fingerprint density at radius 1 is 1.21 bits per heavy atom. The normalized spacial score (nSPS) is 12.6. The van der Waals surface area contributed by atoms with Crippen molar-refractivity contribution in [3.8, 4) is 11.4 Å². The predicted molar refractivity (Wildman–Crippen MR) is 96.2 cm³/mol. The number of carbonyl (C=O) groups excluding carboxylic acids is 1. The highest BCUT2D eigenvalue weighted by Crippen LogP contribution is 2.29. The van der Waals surface area contributed by atoms with Crippen molar-refractivity contribution < 1.29 is 26.9 Å². The number of halogens is 4. The number of hydrogen-bond acceptors (Lipinski definition) is 6. The summed E-state index contributed by atoms with van der Waals surface area (Å²) in [7, 11) is 0. The molecular weight excluding hydrogens is 412 g/mol. The van der Waals surface area contributed by atoms with Crippen molar-refractivity contribution in [3.05, 3.63) is 59.9 Å². The number of benzene rings is 1. The van der Waals surface area contributed by atoms with E-state index in [1.807, 2.05) is 0 Å². The summed E-state index contributed by atoms with van der Waals surface area (Å²) < 4.78 is 55.7. The van der Waals surface area contributed by atoms with Gasteiger partial charge in [0, 0.05) is 11.8 Å². The van der Waals surface area contributed by atoms with Gasteiger partial charge in [-0.3, -0.25) is 4.79 Å². The van der Waals surface area contributed by atoms with Crippen LogP contribution in [0.2, 0.25) is 0 Å². The van der Waals surface area contributed by atoms with Crippen LogP contribution in [0.3, 0.4) is 0 Å². The van der Waals surface area contributed by atoms with Crippen LogP contribution < -0.4 is 5.32 Å². The van der Waals surface area contributed by atoms with E-state index in [4.69, 9.17) is 4.52 Å². The smallest absolute Gasteiger partial charge is 0.344 e. The van der Waals surface area contributed by atoms with Crippen LogP contribution in [0.15, 0.2) is 52.1 Å². The molecule has 1 unspecified atom stereocenters. The molecule has 2 heterocycles. The molecule has 0 aliphatic rings. The highest BCUT2D eigenvalue weighted by Gasteiger charge is 2.30. The van der Waals surface area contributed by atoms with Crippen molar-refractivity contribution in [2.45, 2.75) is 24.2 Å². The number of hydrogen-bond donors (Lipinski definition) is 1. The minimum absolute atomic E-state index is 0.0539. The van der Waals surface area contributed by atoms with Crippen LogP contribution in [-0.4, -0.2) is 26.8 Å². The van der Waals surface area contributed by atoms with E-state index in [0.717, 1.165) is 24.0 Å². The van der Waals surface area contributed by atoms with Crippen LogP contribution in [0.1, 0.15) is 24.4 Å². The molecule has 1 atom stereocenters. The first kappa shape index (κ1) is 20.8. The van der Waals surface area contributed by atoms with Crippen molar-refractivity contribution in [1.29, 1.82) is 0 Å². The standard InChI is InChI=1S/C18H14F4N4O2S/c1-10(17-25-16(26-28-17)11-2-5-13(19)6-3-11)24-14(27)9-29-15-7-4-12(8-23-15)18(20,21)22/h2-8,10H,9H2,1H3,(H,24,27). The molecule has 0 saturated carbocycles. The summed E-state index contributed by atoms with van der Waals surface area (Å²) in [5.74, 6) is -0.412. The monoisotopic (exact) mass is 426 g/mol. The molecule has 1 amide bonds. The van der Waals surface area contributed by atoms with Gasteiger partial charge in [0.1, 0.15) is 11.9 Å². The average molecular weight is 426 g/mol. The summed E-state index contributed by atoms with van der Waals surface area (Å²) in [6.07, 6.45) is -3.74. The van der Waals surface area contributed by atoms with E-state index in [0.29, 0.717) is 5.56 Å². The Hall–Kier alpha value is -2.95. The molecule has 0 aliphatic carbocycles. The fraction of sp³-hybridized carbons (Fsp3) is 0.222. The first-order chi connectivity index (χ1) is 13.7. The molecule has 1 N–H and O–H groups in total. The number of nitrogens with one attached hydrogen (secondary N) is 1. The van der Waals surface area contributed by atoms with Crippen LogP contribution in [0.4, 0.5) is 17.6 Å². The first-order valence-electron chi connectivity index (χ1n) is 8.27. The predicted octanol–water partition coefficient (Wildman–Crippen LogP) is 4.26. The van der Waals surface area contributed by atoms with Crippen molar-refractivity contribution in [1.82, 2.24) is 20.4 Å². The molecule has 6 nitrogen and oxygen atoms in total.